The highest BCUT2D eigenvalue weighted by Gasteiger charge is 2.14. The Morgan fingerprint density at radius 1 is 1.35 bits per heavy atom. The number of carbonyl (C=O) groups is 1. The Balaban J connectivity index is 2.44. The van der Waals surface area contributed by atoms with Gasteiger partial charge in [0, 0.05) is 22.4 Å². The molecule has 1 aromatic carbocycles. The summed E-state index contributed by atoms with van der Waals surface area (Å²) in [5.74, 6) is 0.454. The van der Waals surface area contributed by atoms with Crippen LogP contribution in [0.25, 0.3) is 0 Å². The van der Waals surface area contributed by atoms with Gasteiger partial charge in [-0.15, -0.1) is 0 Å². The second-order valence-corrected chi connectivity index (χ2v) is 4.33. The summed E-state index contributed by atoms with van der Waals surface area (Å²) >= 11 is 3.34. The molecule has 0 atom stereocenters. The number of methoxy groups -OCH3 is 1. The average Bonchev–Trinajstić information content (AvgIpc) is 2.39. The predicted octanol–water partition coefficient (Wildman–Crippen LogP) is 3.08. The zero-order valence-corrected chi connectivity index (χ0v) is 10.8. The molecule has 2 aromatic rings. The summed E-state index contributed by atoms with van der Waals surface area (Å²) in [6.07, 6.45) is 3.18. The summed E-state index contributed by atoms with van der Waals surface area (Å²) in [4.78, 5) is 16.1. The van der Waals surface area contributed by atoms with Gasteiger partial charge in [-0.3, -0.25) is 9.78 Å². The van der Waals surface area contributed by atoms with Crippen molar-refractivity contribution in [3.05, 3.63) is 58.3 Å². The van der Waals surface area contributed by atoms with E-state index in [-0.39, 0.29) is 5.78 Å². The Bertz CT molecular complexity index is 540. The van der Waals surface area contributed by atoms with Gasteiger partial charge in [-0.2, -0.15) is 0 Å². The molecule has 0 N–H and O–H groups in total. The normalized spacial score (nSPS) is 10.0. The molecule has 17 heavy (non-hydrogen) atoms. The lowest BCUT2D eigenvalue weighted by Gasteiger charge is -2.07. The van der Waals surface area contributed by atoms with Crippen LogP contribution in [-0.4, -0.2) is 17.9 Å². The Morgan fingerprint density at radius 2 is 2.18 bits per heavy atom. The standard InChI is InChI=1S/C13H10BrNO2/c1-17-12-7-10(14)4-5-11(12)13(16)9-3-2-6-15-8-9/h2-8H,1H3. The molecular weight excluding hydrogens is 282 g/mol. The number of hydrogen-bond acceptors (Lipinski definition) is 3. The van der Waals surface area contributed by atoms with Crippen molar-refractivity contribution in [1.82, 2.24) is 4.98 Å². The zero-order chi connectivity index (χ0) is 12.3. The summed E-state index contributed by atoms with van der Waals surface area (Å²) in [7, 11) is 1.54. The maximum absolute atomic E-state index is 12.2. The molecule has 86 valence electrons. The lowest BCUT2D eigenvalue weighted by atomic mass is 10.0. The second-order valence-electron chi connectivity index (χ2n) is 3.42. The first-order chi connectivity index (χ1) is 8.22. The third-order valence-electron chi connectivity index (χ3n) is 2.33. The molecule has 4 heteroatoms. The van der Waals surface area contributed by atoms with Crippen molar-refractivity contribution in [2.24, 2.45) is 0 Å². The molecule has 0 unspecified atom stereocenters. The largest absolute Gasteiger partial charge is 0.496 e. The van der Waals surface area contributed by atoms with Gasteiger partial charge in [0.1, 0.15) is 5.75 Å². The molecule has 0 saturated heterocycles. The van der Waals surface area contributed by atoms with Gasteiger partial charge in [0.2, 0.25) is 0 Å². The van der Waals surface area contributed by atoms with Crippen LogP contribution in [0.2, 0.25) is 0 Å². The molecule has 0 aliphatic carbocycles. The third-order valence-corrected chi connectivity index (χ3v) is 2.83. The van der Waals surface area contributed by atoms with Crippen molar-refractivity contribution in [3.8, 4) is 5.75 Å². The minimum atomic E-state index is -0.0950. The first-order valence-electron chi connectivity index (χ1n) is 5.00. The van der Waals surface area contributed by atoms with Crippen molar-refractivity contribution in [2.45, 2.75) is 0 Å². The topological polar surface area (TPSA) is 39.2 Å². The van der Waals surface area contributed by atoms with Gasteiger partial charge in [-0.25, -0.2) is 0 Å². The monoisotopic (exact) mass is 291 g/mol. The van der Waals surface area contributed by atoms with Crippen LogP contribution in [0.15, 0.2) is 47.2 Å². The van der Waals surface area contributed by atoms with Crippen LogP contribution in [0, 0.1) is 0 Å². The van der Waals surface area contributed by atoms with E-state index in [4.69, 9.17) is 4.74 Å². The van der Waals surface area contributed by atoms with Crippen LogP contribution >= 0.6 is 15.9 Å². The lowest BCUT2D eigenvalue weighted by Crippen LogP contribution is -2.04. The molecular formula is C13H10BrNO2. The smallest absolute Gasteiger partial charge is 0.198 e. The number of ether oxygens (including phenoxy) is 1. The van der Waals surface area contributed by atoms with Crippen LogP contribution in [0.4, 0.5) is 0 Å². The minimum Gasteiger partial charge on any atom is -0.496 e. The fourth-order valence-electron chi connectivity index (χ4n) is 1.51. The molecule has 0 bridgehead atoms. The Hall–Kier alpha value is -1.68. The van der Waals surface area contributed by atoms with Crippen LogP contribution in [-0.2, 0) is 0 Å². The SMILES string of the molecule is COc1cc(Br)ccc1C(=O)c1cccnc1. The molecule has 1 heterocycles. The number of carbonyl (C=O) groups excluding carboxylic acids is 1. The Kier molecular flexibility index (Phi) is 3.54. The van der Waals surface area contributed by atoms with Gasteiger partial charge in [0.25, 0.3) is 0 Å². The number of hydrogen-bond donors (Lipinski definition) is 0. The van der Waals surface area contributed by atoms with Crippen molar-refractivity contribution in [2.75, 3.05) is 7.11 Å². The van der Waals surface area contributed by atoms with E-state index in [1.807, 2.05) is 6.07 Å². The van der Waals surface area contributed by atoms with E-state index in [9.17, 15) is 4.79 Å². The fourth-order valence-corrected chi connectivity index (χ4v) is 1.85. The highest BCUT2D eigenvalue weighted by Crippen LogP contribution is 2.25. The van der Waals surface area contributed by atoms with E-state index in [1.165, 1.54) is 0 Å². The summed E-state index contributed by atoms with van der Waals surface area (Å²) in [6, 6.07) is 8.78. The minimum absolute atomic E-state index is 0.0950. The molecule has 2 rings (SSSR count). The van der Waals surface area contributed by atoms with E-state index in [0.717, 1.165) is 4.47 Å². The van der Waals surface area contributed by atoms with E-state index < -0.39 is 0 Å². The molecule has 0 fully saturated rings. The van der Waals surface area contributed by atoms with Gasteiger partial charge in [0.15, 0.2) is 5.78 Å². The first-order valence-corrected chi connectivity index (χ1v) is 5.80. The van der Waals surface area contributed by atoms with Crippen LogP contribution in [0.5, 0.6) is 5.75 Å². The molecule has 0 saturated carbocycles. The van der Waals surface area contributed by atoms with Gasteiger partial charge in [0.05, 0.1) is 12.7 Å². The quantitative estimate of drug-likeness (QED) is 0.816. The van der Waals surface area contributed by atoms with Gasteiger partial charge < -0.3 is 4.74 Å². The highest BCUT2D eigenvalue weighted by molar-refractivity contribution is 9.10. The van der Waals surface area contributed by atoms with Crippen LogP contribution in [0.3, 0.4) is 0 Å². The molecule has 3 nitrogen and oxygen atoms in total. The predicted molar refractivity (Wildman–Crippen MR) is 68.4 cm³/mol. The maximum atomic E-state index is 12.2. The zero-order valence-electron chi connectivity index (χ0n) is 9.18. The van der Waals surface area contributed by atoms with E-state index >= 15 is 0 Å². The third kappa shape index (κ3) is 2.53. The number of ketones is 1. The fraction of sp³-hybridized carbons (Fsp3) is 0.0769. The van der Waals surface area contributed by atoms with Crippen molar-refractivity contribution in [1.29, 1.82) is 0 Å². The maximum Gasteiger partial charge on any atom is 0.198 e. The van der Waals surface area contributed by atoms with Crippen LogP contribution < -0.4 is 4.74 Å². The average molecular weight is 292 g/mol. The lowest BCUT2D eigenvalue weighted by molar-refractivity contribution is 0.103. The van der Waals surface area contributed by atoms with E-state index in [0.29, 0.717) is 16.9 Å². The number of benzene rings is 1. The molecule has 0 spiro atoms. The van der Waals surface area contributed by atoms with Crippen molar-refractivity contribution >= 4 is 21.7 Å². The number of pyridine rings is 1. The number of nitrogens with zero attached hydrogens (tertiary/aromatic N) is 1. The summed E-state index contributed by atoms with van der Waals surface area (Å²) in [6.45, 7) is 0. The molecule has 0 radical (unpaired) electrons. The highest BCUT2D eigenvalue weighted by atomic mass is 79.9. The number of aromatic nitrogens is 1. The van der Waals surface area contributed by atoms with E-state index in [1.54, 1.807) is 43.8 Å². The molecule has 0 aliphatic heterocycles. The van der Waals surface area contributed by atoms with Gasteiger partial charge in [-0.05, 0) is 30.3 Å². The summed E-state index contributed by atoms with van der Waals surface area (Å²) in [5, 5.41) is 0. The van der Waals surface area contributed by atoms with Gasteiger partial charge >= 0.3 is 0 Å². The van der Waals surface area contributed by atoms with Crippen LogP contribution in [0.1, 0.15) is 15.9 Å². The van der Waals surface area contributed by atoms with E-state index in [2.05, 4.69) is 20.9 Å². The second kappa shape index (κ2) is 5.10. The van der Waals surface area contributed by atoms with Crippen molar-refractivity contribution < 1.29 is 9.53 Å². The summed E-state index contributed by atoms with van der Waals surface area (Å²) in [5.41, 5.74) is 1.08. The first kappa shape index (κ1) is 11.8. The Morgan fingerprint density at radius 3 is 2.82 bits per heavy atom. The van der Waals surface area contributed by atoms with Crippen molar-refractivity contribution in [3.63, 3.8) is 0 Å². The molecule has 0 aliphatic rings. The summed E-state index contributed by atoms with van der Waals surface area (Å²) < 4.78 is 6.07. The molecule has 1 aromatic heterocycles. The van der Waals surface area contributed by atoms with Gasteiger partial charge in [-0.1, -0.05) is 15.9 Å². The Labute approximate surface area is 108 Å². The number of rotatable bonds is 3. The number of halogens is 1. The molecule has 0 amide bonds.